The van der Waals surface area contributed by atoms with Crippen LogP contribution in [-0.4, -0.2) is 49.1 Å². The monoisotopic (exact) mass is 331 g/mol. The van der Waals surface area contributed by atoms with Crippen LogP contribution in [0.25, 0.3) is 0 Å². The van der Waals surface area contributed by atoms with E-state index in [4.69, 9.17) is 4.74 Å². The van der Waals surface area contributed by atoms with Crippen molar-refractivity contribution in [2.45, 2.75) is 38.4 Å². The van der Waals surface area contributed by atoms with Crippen LogP contribution in [0.4, 0.5) is 0 Å². The first-order chi connectivity index (χ1) is 11.7. The molecule has 6 heteroatoms. The molecular weight excluding hydrogens is 306 g/mol. The van der Waals surface area contributed by atoms with Gasteiger partial charge in [-0.25, -0.2) is 0 Å². The first kappa shape index (κ1) is 16.9. The molecule has 2 fully saturated rings. The number of nitrogens with zero attached hydrogens (tertiary/aromatic N) is 1. The summed E-state index contributed by atoms with van der Waals surface area (Å²) >= 11 is 0. The fourth-order valence-electron chi connectivity index (χ4n) is 3.10. The largest absolute Gasteiger partial charge is 0.378 e. The lowest BCUT2D eigenvalue weighted by Crippen LogP contribution is -2.44. The van der Waals surface area contributed by atoms with Crippen molar-refractivity contribution in [3.63, 3.8) is 0 Å². The van der Waals surface area contributed by atoms with E-state index in [9.17, 15) is 9.59 Å². The van der Waals surface area contributed by atoms with Crippen LogP contribution in [0.3, 0.4) is 0 Å². The molecule has 3 rings (SSSR count). The fourth-order valence-corrected chi connectivity index (χ4v) is 3.10. The highest BCUT2D eigenvalue weighted by Crippen LogP contribution is 2.14. The summed E-state index contributed by atoms with van der Waals surface area (Å²) < 4.78 is 5.35. The van der Waals surface area contributed by atoms with Gasteiger partial charge in [-0.05, 0) is 17.5 Å². The van der Waals surface area contributed by atoms with Crippen LogP contribution in [-0.2, 0) is 27.4 Å². The molecule has 0 aromatic heterocycles. The number of hydrogen-bond acceptors (Lipinski definition) is 4. The van der Waals surface area contributed by atoms with Gasteiger partial charge in [0.15, 0.2) is 0 Å². The Morgan fingerprint density at radius 2 is 2.08 bits per heavy atom. The molecule has 1 atom stereocenters. The van der Waals surface area contributed by atoms with Crippen molar-refractivity contribution < 1.29 is 14.3 Å². The van der Waals surface area contributed by atoms with Crippen LogP contribution in [0.5, 0.6) is 0 Å². The summed E-state index contributed by atoms with van der Waals surface area (Å²) in [7, 11) is 0. The summed E-state index contributed by atoms with van der Waals surface area (Å²) in [5.74, 6) is 0.274. The zero-order valence-corrected chi connectivity index (χ0v) is 13.9. The molecule has 0 bridgehead atoms. The molecule has 0 aliphatic carbocycles. The van der Waals surface area contributed by atoms with Gasteiger partial charge in [0.05, 0.1) is 13.2 Å². The summed E-state index contributed by atoms with van der Waals surface area (Å²) in [4.78, 5) is 25.5. The number of ether oxygens (including phenoxy) is 1. The number of carbonyl (C=O) groups excluding carboxylic acids is 2. The minimum atomic E-state index is 0.0322. The zero-order chi connectivity index (χ0) is 16.8. The van der Waals surface area contributed by atoms with Gasteiger partial charge in [-0.3, -0.25) is 9.59 Å². The second-order valence-corrected chi connectivity index (χ2v) is 6.44. The zero-order valence-electron chi connectivity index (χ0n) is 13.9. The Labute approximate surface area is 142 Å². The van der Waals surface area contributed by atoms with Gasteiger partial charge in [0, 0.05) is 45.1 Å². The first-order valence-corrected chi connectivity index (χ1v) is 8.64. The van der Waals surface area contributed by atoms with Crippen molar-refractivity contribution >= 4 is 11.8 Å². The third-order valence-corrected chi connectivity index (χ3v) is 4.49. The minimum absolute atomic E-state index is 0.0322. The van der Waals surface area contributed by atoms with Gasteiger partial charge in [-0.15, -0.1) is 0 Å². The maximum atomic E-state index is 12.0. The Morgan fingerprint density at radius 3 is 2.75 bits per heavy atom. The highest BCUT2D eigenvalue weighted by Gasteiger charge is 2.20. The topological polar surface area (TPSA) is 70.7 Å². The number of benzene rings is 1. The van der Waals surface area contributed by atoms with Crippen LogP contribution in [0.15, 0.2) is 24.3 Å². The Kier molecular flexibility index (Phi) is 5.82. The second-order valence-electron chi connectivity index (χ2n) is 6.44. The lowest BCUT2D eigenvalue weighted by Gasteiger charge is -2.23. The Bertz CT molecular complexity index is 567. The third-order valence-electron chi connectivity index (χ3n) is 4.49. The smallest absolute Gasteiger partial charge is 0.222 e. The molecule has 24 heavy (non-hydrogen) atoms. The van der Waals surface area contributed by atoms with E-state index in [-0.39, 0.29) is 17.9 Å². The number of hydrogen-bond donors (Lipinski definition) is 2. The molecule has 2 aliphatic heterocycles. The Hall–Kier alpha value is -1.92. The molecule has 1 aromatic rings. The van der Waals surface area contributed by atoms with Crippen LogP contribution >= 0.6 is 0 Å². The highest BCUT2D eigenvalue weighted by atomic mass is 16.5. The fraction of sp³-hybridized carbons (Fsp3) is 0.556. The molecule has 0 saturated carbocycles. The summed E-state index contributed by atoms with van der Waals surface area (Å²) in [6, 6.07) is 8.20. The summed E-state index contributed by atoms with van der Waals surface area (Å²) in [5, 5.41) is 6.22. The van der Waals surface area contributed by atoms with E-state index in [1.165, 1.54) is 0 Å². The van der Waals surface area contributed by atoms with E-state index < -0.39 is 0 Å². The summed E-state index contributed by atoms with van der Waals surface area (Å²) in [5.41, 5.74) is 2.19. The van der Waals surface area contributed by atoms with Crippen molar-refractivity contribution in [3.8, 4) is 0 Å². The number of amides is 2. The van der Waals surface area contributed by atoms with Gasteiger partial charge in [-0.2, -0.15) is 0 Å². The second kappa shape index (κ2) is 8.26. The van der Waals surface area contributed by atoms with Crippen LogP contribution in [0.1, 0.15) is 30.4 Å². The molecule has 2 N–H and O–H groups in total. The maximum absolute atomic E-state index is 12.0. The van der Waals surface area contributed by atoms with E-state index in [1.807, 2.05) is 29.2 Å². The van der Waals surface area contributed by atoms with Crippen molar-refractivity contribution in [3.05, 3.63) is 35.4 Å². The van der Waals surface area contributed by atoms with Gasteiger partial charge in [0.1, 0.15) is 0 Å². The van der Waals surface area contributed by atoms with Gasteiger partial charge in [0.25, 0.3) is 0 Å². The standard InChI is InChI=1S/C18H25N3O3/c22-17(10-16-13-24-9-7-19-16)20-11-14-3-5-15(6-4-14)12-21-8-1-2-18(21)23/h3-6,16,19H,1-2,7-13H2,(H,20,22). The minimum Gasteiger partial charge on any atom is -0.378 e. The molecule has 1 unspecified atom stereocenters. The molecule has 0 spiro atoms. The molecule has 2 aliphatic rings. The predicted octanol–water partition coefficient (Wildman–Crippen LogP) is 0.804. The normalized spacial score (nSPS) is 21.1. The number of rotatable bonds is 6. The number of morpholine rings is 1. The van der Waals surface area contributed by atoms with Crippen molar-refractivity contribution in [1.29, 1.82) is 0 Å². The predicted molar refractivity (Wildman–Crippen MR) is 90.2 cm³/mol. The molecule has 130 valence electrons. The van der Waals surface area contributed by atoms with Gasteiger partial charge in [0.2, 0.25) is 11.8 Å². The number of likely N-dealkylation sites (tertiary alicyclic amines) is 1. The molecule has 2 amide bonds. The number of carbonyl (C=O) groups is 2. The Balaban J connectivity index is 1.42. The first-order valence-electron chi connectivity index (χ1n) is 8.64. The Morgan fingerprint density at radius 1 is 1.29 bits per heavy atom. The van der Waals surface area contributed by atoms with E-state index in [0.29, 0.717) is 39.1 Å². The lowest BCUT2D eigenvalue weighted by atomic mass is 10.1. The van der Waals surface area contributed by atoms with Gasteiger partial charge < -0.3 is 20.3 Å². The van der Waals surface area contributed by atoms with Gasteiger partial charge in [-0.1, -0.05) is 24.3 Å². The van der Waals surface area contributed by atoms with E-state index in [0.717, 1.165) is 30.6 Å². The van der Waals surface area contributed by atoms with Crippen LogP contribution in [0.2, 0.25) is 0 Å². The number of nitrogens with one attached hydrogen (secondary N) is 2. The highest BCUT2D eigenvalue weighted by molar-refractivity contribution is 5.78. The van der Waals surface area contributed by atoms with E-state index in [1.54, 1.807) is 0 Å². The average molecular weight is 331 g/mol. The molecular formula is C18H25N3O3. The quantitative estimate of drug-likeness (QED) is 0.809. The average Bonchev–Trinajstić information content (AvgIpc) is 3.00. The van der Waals surface area contributed by atoms with E-state index in [2.05, 4.69) is 10.6 Å². The van der Waals surface area contributed by atoms with E-state index >= 15 is 0 Å². The van der Waals surface area contributed by atoms with Crippen LogP contribution < -0.4 is 10.6 Å². The van der Waals surface area contributed by atoms with Gasteiger partial charge >= 0.3 is 0 Å². The van der Waals surface area contributed by atoms with Crippen molar-refractivity contribution in [2.75, 3.05) is 26.3 Å². The van der Waals surface area contributed by atoms with Crippen molar-refractivity contribution in [1.82, 2.24) is 15.5 Å². The molecule has 6 nitrogen and oxygen atoms in total. The van der Waals surface area contributed by atoms with Crippen LogP contribution in [0, 0.1) is 0 Å². The SMILES string of the molecule is O=C(CC1COCCN1)NCc1ccc(CN2CCCC2=O)cc1. The maximum Gasteiger partial charge on any atom is 0.222 e. The molecule has 2 saturated heterocycles. The third kappa shape index (κ3) is 4.79. The molecule has 2 heterocycles. The molecule has 1 aromatic carbocycles. The molecule has 0 radical (unpaired) electrons. The van der Waals surface area contributed by atoms with Crippen molar-refractivity contribution in [2.24, 2.45) is 0 Å². The summed E-state index contributed by atoms with van der Waals surface area (Å²) in [6.45, 7) is 4.17. The summed E-state index contributed by atoms with van der Waals surface area (Å²) in [6.07, 6.45) is 2.07. The lowest BCUT2D eigenvalue weighted by molar-refractivity contribution is -0.128.